The molecular weight excluding hydrogens is 222 g/mol. The number of hydrogen-bond acceptors (Lipinski definition) is 4. The van der Waals surface area contributed by atoms with Crippen molar-refractivity contribution in [3.8, 4) is 0 Å². The van der Waals surface area contributed by atoms with Gasteiger partial charge in [-0.05, 0) is 24.8 Å². The normalized spacial score (nSPS) is 11.9. The molecule has 1 aromatic rings. The molecule has 0 aromatic heterocycles. The molecular formula is C12H17NO2S. The highest BCUT2D eigenvalue weighted by molar-refractivity contribution is 7.98. The van der Waals surface area contributed by atoms with Crippen molar-refractivity contribution in [2.75, 3.05) is 18.7 Å². The van der Waals surface area contributed by atoms with Gasteiger partial charge in [0, 0.05) is 10.6 Å². The zero-order valence-corrected chi connectivity index (χ0v) is 10.6. The Balaban J connectivity index is 2.81. The summed E-state index contributed by atoms with van der Waals surface area (Å²) >= 11 is 1.65. The molecule has 0 spiro atoms. The molecule has 3 nitrogen and oxygen atoms in total. The van der Waals surface area contributed by atoms with Crippen LogP contribution in [0.2, 0.25) is 0 Å². The minimum absolute atomic E-state index is 0.224. The fourth-order valence-corrected chi connectivity index (χ4v) is 1.98. The van der Waals surface area contributed by atoms with E-state index in [0.29, 0.717) is 6.42 Å². The number of methoxy groups -OCH3 is 1. The highest BCUT2D eigenvalue weighted by Crippen LogP contribution is 2.25. The number of hydrogen-bond donors (Lipinski definition) is 1. The van der Waals surface area contributed by atoms with Crippen LogP contribution in [0.3, 0.4) is 0 Å². The van der Waals surface area contributed by atoms with Gasteiger partial charge in [0.1, 0.15) is 6.04 Å². The molecule has 4 heteroatoms. The lowest BCUT2D eigenvalue weighted by molar-refractivity contribution is -0.141. The highest BCUT2D eigenvalue weighted by atomic mass is 32.2. The largest absolute Gasteiger partial charge is 0.467 e. The van der Waals surface area contributed by atoms with E-state index in [2.05, 4.69) is 5.32 Å². The summed E-state index contributed by atoms with van der Waals surface area (Å²) in [4.78, 5) is 12.6. The van der Waals surface area contributed by atoms with E-state index >= 15 is 0 Å². The van der Waals surface area contributed by atoms with E-state index in [-0.39, 0.29) is 12.0 Å². The number of carbonyl (C=O) groups is 1. The summed E-state index contributed by atoms with van der Waals surface area (Å²) in [6, 6.07) is 7.65. The van der Waals surface area contributed by atoms with E-state index in [9.17, 15) is 4.79 Å². The van der Waals surface area contributed by atoms with Crippen molar-refractivity contribution in [1.29, 1.82) is 0 Å². The van der Waals surface area contributed by atoms with Gasteiger partial charge in [-0.25, -0.2) is 4.79 Å². The Bertz CT molecular complexity index is 355. The molecule has 0 saturated heterocycles. The van der Waals surface area contributed by atoms with Gasteiger partial charge in [0.2, 0.25) is 0 Å². The van der Waals surface area contributed by atoms with Crippen LogP contribution in [0.15, 0.2) is 29.2 Å². The number of benzene rings is 1. The topological polar surface area (TPSA) is 38.3 Å². The second-order valence-electron chi connectivity index (χ2n) is 3.33. The van der Waals surface area contributed by atoms with Gasteiger partial charge in [-0.1, -0.05) is 19.1 Å². The Kier molecular flexibility index (Phi) is 5.19. The van der Waals surface area contributed by atoms with E-state index in [1.807, 2.05) is 37.4 Å². The van der Waals surface area contributed by atoms with Crippen molar-refractivity contribution in [3.05, 3.63) is 24.3 Å². The number of ether oxygens (including phenoxy) is 1. The number of carbonyl (C=O) groups excluding carboxylic acids is 1. The Hall–Kier alpha value is -1.16. The molecule has 0 amide bonds. The Morgan fingerprint density at radius 3 is 2.75 bits per heavy atom. The predicted octanol–water partition coefficient (Wildman–Crippen LogP) is 2.77. The zero-order valence-electron chi connectivity index (χ0n) is 9.82. The van der Waals surface area contributed by atoms with Crippen LogP contribution in [-0.2, 0) is 9.53 Å². The quantitative estimate of drug-likeness (QED) is 0.633. The van der Waals surface area contributed by atoms with Gasteiger partial charge < -0.3 is 10.1 Å². The van der Waals surface area contributed by atoms with Gasteiger partial charge in [-0.2, -0.15) is 0 Å². The molecule has 1 N–H and O–H groups in total. The Labute approximate surface area is 101 Å². The van der Waals surface area contributed by atoms with Gasteiger partial charge >= 0.3 is 5.97 Å². The third-order valence-corrected chi connectivity index (χ3v) is 3.13. The van der Waals surface area contributed by atoms with E-state index in [0.717, 1.165) is 10.6 Å². The van der Waals surface area contributed by atoms with Crippen LogP contribution in [0, 0.1) is 0 Å². The Morgan fingerprint density at radius 2 is 2.19 bits per heavy atom. The summed E-state index contributed by atoms with van der Waals surface area (Å²) < 4.78 is 4.74. The predicted molar refractivity (Wildman–Crippen MR) is 67.9 cm³/mol. The summed E-state index contributed by atoms with van der Waals surface area (Å²) in [5.74, 6) is -0.224. The van der Waals surface area contributed by atoms with Gasteiger partial charge in [-0.15, -0.1) is 11.8 Å². The molecule has 1 unspecified atom stereocenters. The molecule has 16 heavy (non-hydrogen) atoms. The average Bonchev–Trinajstić information content (AvgIpc) is 2.35. The molecule has 0 saturated carbocycles. The molecule has 88 valence electrons. The molecule has 0 radical (unpaired) electrons. The number of thioether (sulfide) groups is 1. The van der Waals surface area contributed by atoms with Crippen LogP contribution in [0.4, 0.5) is 5.69 Å². The third-order valence-electron chi connectivity index (χ3n) is 2.33. The van der Waals surface area contributed by atoms with Gasteiger partial charge in [0.15, 0.2) is 0 Å². The van der Waals surface area contributed by atoms with Crippen LogP contribution < -0.4 is 5.32 Å². The lowest BCUT2D eigenvalue weighted by atomic mass is 10.2. The van der Waals surface area contributed by atoms with Crippen molar-refractivity contribution < 1.29 is 9.53 Å². The monoisotopic (exact) mass is 239 g/mol. The number of nitrogens with one attached hydrogen (secondary N) is 1. The molecule has 1 aromatic carbocycles. The van der Waals surface area contributed by atoms with Crippen molar-refractivity contribution in [1.82, 2.24) is 0 Å². The summed E-state index contributed by atoms with van der Waals surface area (Å²) in [5.41, 5.74) is 0.979. The van der Waals surface area contributed by atoms with Crippen molar-refractivity contribution in [2.45, 2.75) is 24.3 Å². The Morgan fingerprint density at radius 1 is 1.50 bits per heavy atom. The van der Waals surface area contributed by atoms with Crippen molar-refractivity contribution in [3.63, 3.8) is 0 Å². The zero-order chi connectivity index (χ0) is 12.0. The van der Waals surface area contributed by atoms with Crippen LogP contribution in [0.25, 0.3) is 0 Å². The minimum Gasteiger partial charge on any atom is -0.467 e. The van der Waals surface area contributed by atoms with Crippen LogP contribution in [0.5, 0.6) is 0 Å². The molecule has 0 aliphatic carbocycles. The average molecular weight is 239 g/mol. The van der Waals surface area contributed by atoms with E-state index in [4.69, 9.17) is 4.74 Å². The first-order chi connectivity index (χ1) is 7.72. The molecule has 1 rings (SSSR count). The molecule has 0 aliphatic heterocycles. The molecule has 0 heterocycles. The van der Waals surface area contributed by atoms with E-state index in [1.165, 1.54) is 7.11 Å². The molecule has 0 aliphatic rings. The van der Waals surface area contributed by atoms with Gasteiger partial charge in [0.25, 0.3) is 0 Å². The van der Waals surface area contributed by atoms with E-state index in [1.54, 1.807) is 11.8 Å². The summed E-state index contributed by atoms with van der Waals surface area (Å²) in [7, 11) is 1.41. The van der Waals surface area contributed by atoms with E-state index < -0.39 is 0 Å². The standard InChI is InChI=1S/C12H17NO2S/c1-4-9(12(14)15-2)13-10-7-5-6-8-11(10)16-3/h5-9,13H,4H2,1-3H3. The summed E-state index contributed by atoms with van der Waals surface area (Å²) in [6.45, 7) is 1.95. The smallest absolute Gasteiger partial charge is 0.328 e. The number of anilines is 1. The maximum absolute atomic E-state index is 11.5. The number of rotatable bonds is 5. The second kappa shape index (κ2) is 6.43. The lowest BCUT2D eigenvalue weighted by Gasteiger charge is -2.17. The van der Waals surface area contributed by atoms with Crippen LogP contribution in [0.1, 0.15) is 13.3 Å². The van der Waals surface area contributed by atoms with Crippen molar-refractivity contribution in [2.24, 2.45) is 0 Å². The first-order valence-corrected chi connectivity index (χ1v) is 6.42. The minimum atomic E-state index is -0.279. The summed E-state index contributed by atoms with van der Waals surface area (Å²) in [6.07, 6.45) is 2.72. The first kappa shape index (κ1) is 12.9. The SMILES string of the molecule is CCC(Nc1ccccc1SC)C(=O)OC. The van der Waals surface area contributed by atoms with Crippen LogP contribution in [-0.4, -0.2) is 25.4 Å². The molecule has 0 fully saturated rings. The van der Waals surface area contributed by atoms with Gasteiger partial charge in [0.05, 0.1) is 7.11 Å². The number of para-hydroxylation sites is 1. The second-order valence-corrected chi connectivity index (χ2v) is 4.18. The fourth-order valence-electron chi connectivity index (χ4n) is 1.42. The number of esters is 1. The highest BCUT2D eigenvalue weighted by Gasteiger charge is 2.17. The lowest BCUT2D eigenvalue weighted by Crippen LogP contribution is -2.30. The molecule has 1 atom stereocenters. The summed E-state index contributed by atoms with van der Waals surface area (Å²) in [5, 5.41) is 3.20. The van der Waals surface area contributed by atoms with Gasteiger partial charge in [-0.3, -0.25) is 0 Å². The third kappa shape index (κ3) is 3.17. The first-order valence-electron chi connectivity index (χ1n) is 5.20. The maximum Gasteiger partial charge on any atom is 0.328 e. The molecule has 0 bridgehead atoms. The maximum atomic E-state index is 11.5. The van der Waals surface area contributed by atoms with Crippen LogP contribution >= 0.6 is 11.8 Å². The fraction of sp³-hybridized carbons (Fsp3) is 0.417. The van der Waals surface area contributed by atoms with Crippen molar-refractivity contribution >= 4 is 23.4 Å².